The fraction of sp³-hybridized carbons (Fsp3) is 0.111. The van der Waals surface area contributed by atoms with E-state index in [-0.39, 0.29) is 5.09 Å². The van der Waals surface area contributed by atoms with E-state index in [2.05, 4.69) is 0 Å². The van der Waals surface area contributed by atoms with Crippen LogP contribution in [0.3, 0.4) is 0 Å². The number of rotatable bonds is 2. The predicted molar refractivity (Wildman–Crippen MR) is 51.8 cm³/mol. The van der Waals surface area contributed by atoms with Gasteiger partial charge in [-0.3, -0.25) is 4.55 Å². The summed E-state index contributed by atoms with van der Waals surface area (Å²) < 4.78 is 29.6. The van der Waals surface area contributed by atoms with Crippen LogP contribution in [0.25, 0.3) is 11.0 Å². The molecule has 2 aromatic rings. The van der Waals surface area contributed by atoms with E-state index in [4.69, 9.17) is 13.7 Å². The Morgan fingerprint density at radius 3 is 2.86 bits per heavy atom. The zero-order chi connectivity index (χ0) is 10.1. The van der Waals surface area contributed by atoms with E-state index in [1.165, 1.54) is 6.07 Å². The Labute approximate surface area is 82.8 Å². The zero-order valence-corrected chi connectivity index (χ0v) is 8.21. The van der Waals surface area contributed by atoms with Gasteiger partial charge in [0.2, 0.25) is 16.2 Å². The van der Waals surface area contributed by atoms with Crippen LogP contribution >= 0.6 is 0 Å². The molecule has 0 aliphatic rings. The van der Waals surface area contributed by atoms with Gasteiger partial charge in [-0.2, -0.15) is 0 Å². The number of furan rings is 1. The maximum atomic E-state index is 10.7. The number of benzene rings is 1. The molecular weight excluding hydrogens is 204 g/mol. The Bertz CT molecular complexity index is 489. The van der Waals surface area contributed by atoms with Gasteiger partial charge in [-0.05, 0) is 18.2 Å². The summed E-state index contributed by atoms with van der Waals surface area (Å²) in [6.07, 6.45) is 0. The molecule has 2 rings (SSSR count). The third-order valence-electron chi connectivity index (χ3n) is 1.87. The van der Waals surface area contributed by atoms with E-state index in [0.717, 1.165) is 5.39 Å². The molecule has 1 N–H and O–H groups in total. The van der Waals surface area contributed by atoms with E-state index >= 15 is 0 Å². The molecule has 0 bridgehead atoms. The van der Waals surface area contributed by atoms with Crippen molar-refractivity contribution < 1.29 is 17.9 Å². The molecule has 1 atom stereocenters. The molecule has 1 unspecified atom stereocenters. The summed E-state index contributed by atoms with van der Waals surface area (Å²) in [6.45, 7) is 0. The van der Waals surface area contributed by atoms with Gasteiger partial charge in [-0.1, -0.05) is 0 Å². The monoisotopic (exact) mass is 212 g/mol. The highest BCUT2D eigenvalue weighted by molar-refractivity contribution is 7.79. The van der Waals surface area contributed by atoms with Crippen molar-refractivity contribution in [3.05, 3.63) is 24.3 Å². The van der Waals surface area contributed by atoms with Crippen LogP contribution < -0.4 is 4.74 Å². The predicted octanol–water partition coefficient (Wildman–Crippen LogP) is 2.02. The lowest BCUT2D eigenvalue weighted by molar-refractivity contribution is 0.415. The van der Waals surface area contributed by atoms with Crippen LogP contribution in [0, 0.1) is 0 Å². The van der Waals surface area contributed by atoms with Crippen molar-refractivity contribution in [2.45, 2.75) is 5.09 Å². The topological polar surface area (TPSA) is 59.7 Å². The quantitative estimate of drug-likeness (QED) is 0.774. The Morgan fingerprint density at radius 2 is 2.21 bits per heavy atom. The van der Waals surface area contributed by atoms with Crippen molar-refractivity contribution in [2.24, 2.45) is 0 Å². The normalized spacial score (nSPS) is 13.0. The first-order valence-electron chi connectivity index (χ1n) is 3.89. The SMILES string of the molecule is COc1ccc2oc(S(=O)O)cc2c1. The summed E-state index contributed by atoms with van der Waals surface area (Å²) in [5.41, 5.74) is 0.572. The molecule has 0 spiro atoms. The molecule has 14 heavy (non-hydrogen) atoms. The molecule has 0 saturated carbocycles. The molecule has 0 aliphatic heterocycles. The zero-order valence-electron chi connectivity index (χ0n) is 7.39. The first kappa shape index (κ1) is 9.23. The average Bonchev–Trinajstić information content (AvgIpc) is 2.59. The summed E-state index contributed by atoms with van der Waals surface area (Å²) in [5, 5.41) is 0.801. The van der Waals surface area contributed by atoms with Gasteiger partial charge in [0.25, 0.3) is 0 Å². The molecule has 4 nitrogen and oxygen atoms in total. The summed E-state index contributed by atoms with van der Waals surface area (Å²) >= 11 is -2.08. The summed E-state index contributed by atoms with van der Waals surface area (Å²) in [5.74, 6) is 0.688. The Kier molecular flexibility index (Phi) is 2.26. The van der Waals surface area contributed by atoms with E-state index in [1.54, 1.807) is 25.3 Å². The highest BCUT2D eigenvalue weighted by Gasteiger charge is 2.08. The highest BCUT2D eigenvalue weighted by atomic mass is 32.2. The van der Waals surface area contributed by atoms with Gasteiger partial charge < -0.3 is 9.15 Å². The minimum absolute atomic E-state index is 0.0493. The maximum Gasteiger partial charge on any atom is 0.223 e. The van der Waals surface area contributed by atoms with Gasteiger partial charge in [0.1, 0.15) is 11.3 Å². The molecule has 5 heteroatoms. The van der Waals surface area contributed by atoms with Crippen molar-refractivity contribution in [1.29, 1.82) is 0 Å². The molecular formula is C9H8O4S. The largest absolute Gasteiger partial charge is 0.497 e. The first-order valence-corrected chi connectivity index (χ1v) is 5.00. The number of hydrogen-bond donors (Lipinski definition) is 1. The fourth-order valence-corrected chi connectivity index (χ4v) is 1.60. The van der Waals surface area contributed by atoms with Crippen LogP contribution in [0.5, 0.6) is 5.75 Å². The fourth-order valence-electron chi connectivity index (χ4n) is 1.21. The lowest BCUT2D eigenvalue weighted by atomic mass is 10.2. The second kappa shape index (κ2) is 3.43. The minimum Gasteiger partial charge on any atom is -0.497 e. The van der Waals surface area contributed by atoms with Gasteiger partial charge in [-0.25, -0.2) is 4.21 Å². The minimum atomic E-state index is -2.08. The average molecular weight is 212 g/mol. The summed E-state index contributed by atoms with van der Waals surface area (Å²) in [6, 6.07) is 6.70. The number of hydrogen-bond acceptors (Lipinski definition) is 3. The van der Waals surface area contributed by atoms with Gasteiger partial charge >= 0.3 is 0 Å². The Balaban J connectivity index is 2.60. The van der Waals surface area contributed by atoms with Crippen molar-refractivity contribution in [2.75, 3.05) is 7.11 Å². The molecule has 1 heterocycles. The lowest BCUT2D eigenvalue weighted by Gasteiger charge is -1.96. The van der Waals surface area contributed by atoms with E-state index in [9.17, 15) is 4.21 Å². The number of ether oxygens (including phenoxy) is 1. The standard InChI is InChI=1S/C9H8O4S/c1-12-7-2-3-8-6(4-7)5-9(13-8)14(10)11/h2-5H,1H3,(H,10,11). The summed E-state index contributed by atoms with van der Waals surface area (Å²) in [7, 11) is 1.56. The summed E-state index contributed by atoms with van der Waals surface area (Å²) in [4.78, 5) is 0. The van der Waals surface area contributed by atoms with Crippen molar-refractivity contribution in [3.8, 4) is 5.75 Å². The van der Waals surface area contributed by atoms with Crippen molar-refractivity contribution >= 4 is 22.0 Å². The maximum absolute atomic E-state index is 10.7. The van der Waals surface area contributed by atoms with Gasteiger partial charge in [0.05, 0.1) is 7.11 Å². The van der Waals surface area contributed by atoms with Crippen LogP contribution in [0.1, 0.15) is 0 Å². The van der Waals surface area contributed by atoms with E-state index in [1.807, 2.05) is 0 Å². The third kappa shape index (κ3) is 1.51. The smallest absolute Gasteiger partial charge is 0.223 e. The van der Waals surface area contributed by atoms with Crippen LogP contribution in [0.4, 0.5) is 0 Å². The van der Waals surface area contributed by atoms with Crippen LogP contribution in [-0.2, 0) is 11.1 Å². The highest BCUT2D eigenvalue weighted by Crippen LogP contribution is 2.25. The second-order valence-electron chi connectivity index (χ2n) is 2.72. The van der Waals surface area contributed by atoms with E-state index in [0.29, 0.717) is 11.3 Å². The number of fused-ring (bicyclic) bond motifs is 1. The van der Waals surface area contributed by atoms with Gasteiger partial charge in [0.15, 0.2) is 0 Å². The second-order valence-corrected chi connectivity index (χ2v) is 3.62. The van der Waals surface area contributed by atoms with Crippen LogP contribution in [-0.4, -0.2) is 15.9 Å². The lowest BCUT2D eigenvalue weighted by Crippen LogP contribution is -1.81. The molecule has 1 aromatic heterocycles. The molecule has 0 amide bonds. The number of methoxy groups -OCH3 is 1. The Morgan fingerprint density at radius 1 is 1.43 bits per heavy atom. The molecule has 1 aromatic carbocycles. The first-order chi connectivity index (χ1) is 6.70. The molecule has 0 saturated heterocycles. The molecule has 0 aliphatic carbocycles. The Hall–Kier alpha value is -1.33. The van der Waals surface area contributed by atoms with Crippen molar-refractivity contribution in [1.82, 2.24) is 0 Å². The molecule has 0 fully saturated rings. The third-order valence-corrected chi connectivity index (χ3v) is 2.42. The van der Waals surface area contributed by atoms with Gasteiger partial charge in [-0.15, -0.1) is 0 Å². The van der Waals surface area contributed by atoms with Gasteiger partial charge in [0, 0.05) is 11.5 Å². The molecule has 74 valence electrons. The van der Waals surface area contributed by atoms with Crippen molar-refractivity contribution in [3.63, 3.8) is 0 Å². The molecule has 0 radical (unpaired) electrons. The van der Waals surface area contributed by atoms with E-state index < -0.39 is 11.1 Å². The van der Waals surface area contributed by atoms with Crippen LogP contribution in [0.2, 0.25) is 0 Å². The van der Waals surface area contributed by atoms with Crippen LogP contribution in [0.15, 0.2) is 33.8 Å².